The van der Waals surface area contributed by atoms with Crippen molar-refractivity contribution in [3.8, 4) is 6.07 Å². The summed E-state index contributed by atoms with van der Waals surface area (Å²) in [6.07, 6.45) is 9.09. The van der Waals surface area contributed by atoms with Gasteiger partial charge in [-0.25, -0.2) is 5.48 Å². The zero-order chi connectivity index (χ0) is 25.4. The van der Waals surface area contributed by atoms with Gasteiger partial charge in [0.2, 0.25) is 5.91 Å². The highest BCUT2D eigenvalue weighted by Gasteiger charge is 2.67. The highest BCUT2D eigenvalue weighted by Crippen LogP contribution is 2.70. The van der Waals surface area contributed by atoms with Gasteiger partial charge in [-0.1, -0.05) is 33.8 Å². The first-order valence-electron chi connectivity index (χ1n) is 13.4. The molecule has 0 aromatic rings. The molecular weight excluding hydrogens is 440 g/mol. The minimum atomic E-state index is -0.544. The van der Waals surface area contributed by atoms with Crippen LogP contribution in [0.5, 0.6) is 0 Å². The van der Waals surface area contributed by atoms with E-state index in [-0.39, 0.29) is 63.1 Å². The molecule has 0 spiro atoms. The van der Waals surface area contributed by atoms with E-state index < -0.39 is 5.41 Å². The molecule has 0 aliphatic heterocycles. The van der Waals surface area contributed by atoms with E-state index >= 15 is 0 Å². The van der Waals surface area contributed by atoms with Gasteiger partial charge in [0.05, 0.1) is 18.1 Å². The fourth-order valence-corrected chi connectivity index (χ4v) is 9.63. The number of nitriles is 1. The zero-order valence-corrected chi connectivity index (χ0v) is 21.9. The normalized spacial score (nSPS) is 46.2. The summed E-state index contributed by atoms with van der Waals surface area (Å²) in [6.45, 7) is 9.11. The molecule has 8 atom stereocenters. The van der Waals surface area contributed by atoms with Crippen molar-refractivity contribution in [2.45, 2.75) is 85.5 Å². The molecule has 0 bridgehead atoms. The number of allylic oxidation sites excluding steroid dienone is 2. The average Bonchev–Trinajstić information content (AvgIpc) is 2.80. The number of nitrogens with zero attached hydrogens (tertiary/aromatic N) is 1. The number of Topliss-reactive ketones (excluding diaryl/α,β-unsaturated/α-hetero) is 2. The highest BCUT2D eigenvalue weighted by molar-refractivity contribution is 6.00. The van der Waals surface area contributed by atoms with Crippen molar-refractivity contribution in [1.82, 2.24) is 5.48 Å². The topological polar surface area (TPSA) is 96.3 Å². The second-order valence-corrected chi connectivity index (χ2v) is 13.6. The van der Waals surface area contributed by atoms with Crippen molar-refractivity contribution in [1.29, 1.82) is 5.26 Å². The third-order valence-corrected chi connectivity index (χ3v) is 11.5. The molecule has 5 aliphatic rings. The lowest BCUT2D eigenvalue weighted by Gasteiger charge is -2.66. The van der Waals surface area contributed by atoms with E-state index in [2.05, 4.69) is 39.2 Å². The Hall–Kier alpha value is -2.00. The maximum Gasteiger partial charge on any atom is 0.250 e. The van der Waals surface area contributed by atoms with Crippen LogP contribution in [-0.2, 0) is 19.2 Å². The van der Waals surface area contributed by atoms with Crippen LogP contribution in [0.3, 0.4) is 0 Å². The molecule has 0 heterocycles. The number of hydroxylamine groups is 1. The fourth-order valence-electron chi connectivity index (χ4n) is 9.63. The van der Waals surface area contributed by atoms with E-state index in [1.165, 1.54) is 7.11 Å². The van der Waals surface area contributed by atoms with Crippen LogP contribution >= 0.6 is 0 Å². The number of ketones is 2. The zero-order valence-electron chi connectivity index (χ0n) is 21.9. The maximum absolute atomic E-state index is 14.1. The molecule has 0 aromatic carbocycles. The Morgan fingerprint density at radius 1 is 1.06 bits per heavy atom. The third-order valence-electron chi connectivity index (χ3n) is 11.5. The lowest BCUT2D eigenvalue weighted by Crippen LogP contribution is -2.65. The number of hydrogen-bond donors (Lipinski definition) is 1. The van der Waals surface area contributed by atoms with Crippen molar-refractivity contribution in [3.63, 3.8) is 0 Å². The minimum absolute atomic E-state index is 0.0223. The second kappa shape index (κ2) is 8.00. The minimum Gasteiger partial charge on any atom is -0.299 e. The van der Waals surface area contributed by atoms with Gasteiger partial charge >= 0.3 is 0 Å². The summed E-state index contributed by atoms with van der Waals surface area (Å²) < 4.78 is 0. The van der Waals surface area contributed by atoms with Crippen LogP contribution in [0.15, 0.2) is 11.6 Å². The number of hydrogen-bond acceptors (Lipinski definition) is 5. The molecule has 4 saturated carbocycles. The summed E-state index contributed by atoms with van der Waals surface area (Å²) in [4.78, 5) is 45.2. The van der Waals surface area contributed by atoms with Crippen molar-refractivity contribution < 1.29 is 19.2 Å². The molecule has 1 N–H and O–H groups in total. The Bertz CT molecular complexity index is 1040. The molecule has 0 saturated heterocycles. The Morgan fingerprint density at radius 3 is 2.49 bits per heavy atom. The predicted octanol–water partition coefficient (Wildman–Crippen LogP) is 4.94. The van der Waals surface area contributed by atoms with Gasteiger partial charge in [-0.05, 0) is 84.9 Å². The van der Waals surface area contributed by atoms with Crippen LogP contribution in [-0.4, -0.2) is 24.6 Å². The van der Waals surface area contributed by atoms with E-state index in [1.807, 2.05) is 6.08 Å². The quantitative estimate of drug-likeness (QED) is 0.565. The molecule has 1 amide bonds. The fraction of sp³-hybridized carbons (Fsp3) is 0.793. The number of carbonyl (C=O) groups excluding carboxylic acids is 3. The van der Waals surface area contributed by atoms with E-state index in [1.54, 1.807) is 0 Å². The lowest BCUT2D eigenvalue weighted by atomic mass is 9.37. The summed E-state index contributed by atoms with van der Waals surface area (Å²) in [6, 6.07) is 2.13. The van der Waals surface area contributed by atoms with E-state index in [0.29, 0.717) is 18.6 Å². The molecule has 6 nitrogen and oxygen atoms in total. The standard InChI is InChI=1S/C29H40N2O4/c1-26(2)10-11-29(25(34)31-35-5)9-7-19-24(20(29)15-26)22(33)13-23-27(19,3)8-6-18-12-21(32)17(16-30)14-28(18,23)4/h14,18-20,23-24H,6-13,15H2,1-5H3,(H,31,34). The van der Waals surface area contributed by atoms with Crippen molar-refractivity contribution in [2.75, 3.05) is 7.11 Å². The van der Waals surface area contributed by atoms with Crippen LogP contribution in [0.25, 0.3) is 0 Å². The SMILES string of the molecule is CONC(=O)C12CCC3C(C(=O)CC4C5(C)C=C(C#N)C(=O)CC5CCC34C)C1CC(C)(C)CC2. The van der Waals surface area contributed by atoms with Crippen molar-refractivity contribution >= 4 is 17.5 Å². The van der Waals surface area contributed by atoms with Crippen molar-refractivity contribution in [3.05, 3.63) is 11.6 Å². The highest BCUT2D eigenvalue weighted by atomic mass is 16.6. The van der Waals surface area contributed by atoms with Crippen LogP contribution < -0.4 is 5.48 Å². The molecule has 190 valence electrons. The lowest BCUT2D eigenvalue weighted by molar-refractivity contribution is -0.190. The third kappa shape index (κ3) is 3.40. The Kier molecular flexibility index (Phi) is 5.64. The average molecular weight is 481 g/mol. The van der Waals surface area contributed by atoms with Crippen LogP contribution in [0.2, 0.25) is 0 Å². The summed E-state index contributed by atoms with van der Waals surface area (Å²) >= 11 is 0. The van der Waals surface area contributed by atoms with Crippen molar-refractivity contribution in [2.24, 2.45) is 51.2 Å². The molecule has 5 rings (SSSR count). The van der Waals surface area contributed by atoms with E-state index in [4.69, 9.17) is 4.84 Å². The molecule has 5 aliphatic carbocycles. The first kappa shape index (κ1) is 24.7. The van der Waals surface area contributed by atoms with E-state index in [9.17, 15) is 19.6 Å². The van der Waals surface area contributed by atoms with Gasteiger partial charge in [0.25, 0.3) is 0 Å². The van der Waals surface area contributed by atoms with Gasteiger partial charge in [0.1, 0.15) is 11.9 Å². The molecule has 0 radical (unpaired) electrons. The summed E-state index contributed by atoms with van der Waals surface area (Å²) in [7, 11) is 1.48. The number of fused-ring (bicyclic) bond motifs is 7. The first-order chi connectivity index (χ1) is 16.4. The summed E-state index contributed by atoms with van der Waals surface area (Å²) in [5, 5.41) is 9.61. The molecule has 35 heavy (non-hydrogen) atoms. The van der Waals surface area contributed by atoms with Gasteiger partial charge in [-0.3, -0.25) is 19.2 Å². The van der Waals surface area contributed by atoms with Gasteiger partial charge in [-0.15, -0.1) is 0 Å². The smallest absolute Gasteiger partial charge is 0.250 e. The van der Waals surface area contributed by atoms with Crippen LogP contribution in [0.1, 0.15) is 85.5 Å². The first-order valence-corrected chi connectivity index (χ1v) is 13.4. The second-order valence-electron chi connectivity index (χ2n) is 13.6. The van der Waals surface area contributed by atoms with Crippen LogP contribution in [0, 0.1) is 62.6 Å². The molecule has 8 unspecified atom stereocenters. The van der Waals surface area contributed by atoms with Gasteiger partial charge in [-0.2, -0.15) is 5.26 Å². The predicted molar refractivity (Wildman–Crippen MR) is 130 cm³/mol. The Labute approximate surface area is 209 Å². The van der Waals surface area contributed by atoms with Gasteiger partial charge in [0, 0.05) is 18.8 Å². The number of carbonyl (C=O) groups is 3. The molecule has 6 heteroatoms. The molecular formula is C29H40N2O4. The molecule has 4 fully saturated rings. The Morgan fingerprint density at radius 2 is 1.80 bits per heavy atom. The molecule has 0 aromatic heterocycles. The summed E-state index contributed by atoms with van der Waals surface area (Å²) in [5.41, 5.74) is 2.11. The van der Waals surface area contributed by atoms with Gasteiger partial charge < -0.3 is 0 Å². The Balaban J connectivity index is 1.56. The van der Waals surface area contributed by atoms with Gasteiger partial charge in [0.15, 0.2) is 5.78 Å². The number of nitrogens with one attached hydrogen (secondary N) is 1. The summed E-state index contributed by atoms with van der Waals surface area (Å²) in [5.74, 6) is 0.641. The van der Waals surface area contributed by atoms with Crippen LogP contribution in [0.4, 0.5) is 0 Å². The largest absolute Gasteiger partial charge is 0.299 e. The number of rotatable bonds is 2. The maximum atomic E-state index is 14.1. The number of amides is 1. The monoisotopic (exact) mass is 480 g/mol. The van der Waals surface area contributed by atoms with E-state index in [0.717, 1.165) is 44.9 Å².